The maximum Gasteiger partial charge on any atom is 0.222 e. The molecule has 112 valence electrons. The lowest BCUT2D eigenvalue weighted by atomic mass is 9.98. The van der Waals surface area contributed by atoms with Crippen molar-refractivity contribution in [2.75, 3.05) is 40.0 Å². The molecule has 0 saturated carbocycles. The van der Waals surface area contributed by atoms with Crippen molar-refractivity contribution in [2.24, 2.45) is 5.92 Å². The molecule has 0 aromatic heterocycles. The van der Waals surface area contributed by atoms with Gasteiger partial charge in [-0.25, -0.2) is 0 Å². The van der Waals surface area contributed by atoms with E-state index in [9.17, 15) is 4.79 Å². The molecule has 1 heterocycles. The molecule has 0 aromatic carbocycles. The number of hydrogen-bond donors (Lipinski definition) is 2. The molecule has 1 saturated heterocycles. The molecule has 0 radical (unpaired) electrons. The third-order valence-corrected chi connectivity index (χ3v) is 3.41. The van der Waals surface area contributed by atoms with Crippen molar-refractivity contribution in [2.45, 2.75) is 38.7 Å². The summed E-state index contributed by atoms with van der Waals surface area (Å²) in [6.07, 6.45) is 2.68. The van der Waals surface area contributed by atoms with E-state index < -0.39 is 5.60 Å². The van der Waals surface area contributed by atoms with Gasteiger partial charge < -0.3 is 20.1 Å². The molecule has 0 aromatic rings. The number of hydrogen-bond acceptors (Lipinski definition) is 4. The molecule has 1 aliphatic rings. The topological polar surface area (TPSA) is 59.6 Å². The molecule has 5 nitrogen and oxygen atoms in total. The Balaban J connectivity index is 2.17. The smallest absolute Gasteiger partial charge is 0.222 e. The first-order valence-corrected chi connectivity index (χ1v) is 7.14. The number of methoxy groups -OCH3 is 1. The summed E-state index contributed by atoms with van der Waals surface area (Å²) < 4.78 is 10.6. The van der Waals surface area contributed by atoms with E-state index in [-0.39, 0.29) is 5.91 Å². The third-order valence-electron chi connectivity index (χ3n) is 3.41. The first-order valence-electron chi connectivity index (χ1n) is 7.14. The zero-order valence-electron chi connectivity index (χ0n) is 12.5. The zero-order chi connectivity index (χ0) is 14.1. The van der Waals surface area contributed by atoms with E-state index in [2.05, 4.69) is 10.6 Å². The Hall–Kier alpha value is -0.650. The molecule has 0 bridgehead atoms. The van der Waals surface area contributed by atoms with Crippen molar-refractivity contribution in [3.8, 4) is 0 Å². The van der Waals surface area contributed by atoms with Gasteiger partial charge in [0.05, 0.1) is 25.2 Å². The van der Waals surface area contributed by atoms with Gasteiger partial charge in [0.1, 0.15) is 0 Å². The lowest BCUT2D eigenvalue weighted by molar-refractivity contribution is -0.128. The van der Waals surface area contributed by atoms with E-state index in [1.165, 1.54) is 0 Å². The number of piperidine rings is 1. The fraction of sp³-hybridized carbons (Fsp3) is 0.929. The molecule has 1 rings (SSSR count). The lowest BCUT2D eigenvalue weighted by Gasteiger charge is -2.26. The van der Waals surface area contributed by atoms with Gasteiger partial charge in [0.25, 0.3) is 0 Å². The fourth-order valence-corrected chi connectivity index (χ4v) is 2.25. The van der Waals surface area contributed by atoms with E-state index in [4.69, 9.17) is 9.47 Å². The van der Waals surface area contributed by atoms with E-state index >= 15 is 0 Å². The molecule has 2 N–H and O–H groups in total. The SMILES string of the molecule is COCCOC(C)(C)CC(=O)NCC1CCNCC1. The summed E-state index contributed by atoms with van der Waals surface area (Å²) in [4.78, 5) is 11.9. The Bertz CT molecular complexity index is 263. The molecule has 1 fully saturated rings. The molecular weight excluding hydrogens is 244 g/mol. The van der Waals surface area contributed by atoms with E-state index in [0.29, 0.717) is 25.6 Å². The van der Waals surface area contributed by atoms with Crippen LogP contribution in [0.15, 0.2) is 0 Å². The summed E-state index contributed by atoms with van der Waals surface area (Å²) in [7, 11) is 1.64. The number of carbonyl (C=O) groups excluding carboxylic acids is 1. The molecular formula is C14H28N2O3. The molecule has 5 heteroatoms. The maximum absolute atomic E-state index is 11.9. The number of rotatable bonds is 8. The summed E-state index contributed by atoms with van der Waals surface area (Å²) in [5, 5.41) is 6.35. The van der Waals surface area contributed by atoms with Gasteiger partial charge in [-0.1, -0.05) is 0 Å². The monoisotopic (exact) mass is 272 g/mol. The van der Waals surface area contributed by atoms with Gasteiger partial charge in [0.15, 0.2) is 0 Å². The van der Waals surface area contributed by atoms with E-state index in [1.807, 2.05) is 13.8 Å². The number of nitrogens with one attached hydrogen (secondary N) is 2. The van der Waals surface area contributed by atoms with Crippen LogP contribution in [0.5, 0.6) is 0 Å². The normalized spacial score (nSPS) is 17.4. The van der Waals surface area contributed by atoms with Gasteiger partial charge in [-0.15, -0.1) is 0 Å². The Morgan fingerprint density at radius 3 is 2.63 bits per heavy atom. The van der Waals surface area contributed by atoms with Gasteiger partial charge in [0.2, 0.25) is 5.91 Å². The second-order valence-electron chi connectivity index (χ2n) is 5.78. The summed E-state index contributed by atoms with van der Waals surface area (Å²) in [6.45, 7) is 7.86. The van der Waals surface area contributed by atoms with Crippen LogP contribution >= 0.6 is 0 Å². The van der Waals surface area contributed by atoms with Crippen LogP contribution < -0.4 is 10.6 Å². The Morgan fingerprint density at radius 1 is 1.32 bits per heavy atom. The van der Waals surface area contributed by atoms with Gasteiger partial charge in [-0.05, 0) is 45.7 Å². The molecule has 0 atom stereocenters. The van der Waals surface area contributed by atoms with Crippen molar-refractivity contribution in [3.63, 3.8) is 0 Å². The van der Waals surface area contributed by atoms with Gasteiger partial charge in [-0.3, -0.25) is 4.79 Å². The number of amides is 1. The Kier molecular flexibility index (Phi) is 7.34. The van der Waals surface area contributed by atoms with E-state index in [1.54, 1.807) is 7.11 Å². The number of ether oxygens (including phenoxy) is 2. The largest absolute Gasteiger partial charge is 0.382 e. The third kappa shape index (κ3) is 7.50. The summed E-state index contributed by atoms with van der Waals surface area (Å²) >= 11 is 0. The predicted octanol–water partition coefficient (Wildman–Crippen LogP) is 0.934. The zero-order valence-corrected chi connectivity index (χ0v) is 12.5. The first-order chi connectivity index (χ1) is 9.03. The van der Waals surface area contributed by atoms with Crippen LogP contribution in [0.2, 0.25) is 0 Å². The highest BCUT2D eigenvalue weighted by Crippen LogP contribution is 2.15. The summed E-state index contributed by atoms with van der Waals surface area (Å²) in [6, 6.07) is 0. The average Bonchev–Trinajstić information content (AvgIpc) is 2.37. The molecule has 0 unspecified atom stereocenters. The van der Waals surface area contributed by atoms with Crippen LogP contribution in [0, 0.1) is 5.92 Å². The summed E-state index contributed by atoms with van der Waals surface area (Å²) in [5.74, 6) is 0.684. The quantitative estimate of drug-likeness (QED) is 0.646. The minimum atomic E-state index is -0.434. The van der Waals surface area contributed by atoms with Gasteiger partial charge in [0, 0.05) is 13.7 Å². The Labute approximate surface area is 116 Å². The molecule has 0 spiro atoms. The minimum absolute atomic E-state index is 0.0703. The van der Waals surface area contributed by atoms with Crippen molar-refractivity contribution in [3.05, 3.63) is 0 Å². The predicted molar refractivity (Wildman–Crippen MR) is 75.1 cm³/mol. The van der Waals surface area contributed by atoms with Crippen LogP contribution in [0.25, 0.3) is 0 Å². The maximum atomic E-state index is 11.9. The molecule has 1 aliphatic heterocycles. The van der Waals surface area contributed by atoms with Crippen LogP contribution in [0.3, 0.4) is 0 Å². The van der Waals surface area contributed by atoms with Crippen LogP contribution in [-0.2, 0) is 14.3 Å². The highest BCUT2D eigenvalue weighted by atomic mass is 16.5. The molecule has 0 aliphatic carbocycles. The van der Waals surface area contributed by atoms with Gasteiger partial charge >= 0.3 is 0 Å². The molecule has 1 amide bonds. The minimum Gasteiger partial charge on any atom is -0.382 e. The Morgan fingerprint density at radius 2 is 2.00 bits per heavy atom. The van der Waals surface area contributed by atoms with Crippen LogP contribution in [0.4, 0.5) is 0 Å². The second-order valence-corrected chi connectivity index (χ2v) is 5.78. The first kappa shape index (κ1) is 16.4. The van der Waals surface area contributed by atoms with Gasteiger partial charge in [-0.2, -0.15) is 0 Å². The van der Waals surface area contributed by atoms with Crippen LogP contribution in [0.1, 0.15) is 33.1 Å². The molecule has 19 heavy (non-hydrogen) atoms. The van der Waals surface area contributed by atoms with Crippen molar-refractivity contribution < 1.29 is 14.3 Å². The standard InChI is InChI=1S/C14H28N2O3/c1-14(2,19-9-8-18-3)10-13(17)16-11-12-4-6-15-7-5-12/h12,15H,4-11H2,1-3H3,(H,16,17). The van der Waals surface area contributed by atoms with Crippen molar-refractivity contribution in [1.82, 2.24) is 10.6 Å². The van der Waals surface area contributed by atoms with Crippen molar-refractivity contribution >= 4 is 5.91 Å². The summed E-state index contributed by atoms with van der Waals surface area (Å²) in [5.41, 5.74) is -0.434. The highest BCUT2D eigenvalue weighted by molar-refractivity contribution is 5.76. The average molecular weight is 272 g/mol. The second kappa shape index (κ2) is 8.51. The van der Waals surface area contributed by atoms with Crippen LogP contribution in [-0.4, -0.2) is 51.5 Å². The van der Waals surface area contributed by atoms with E-state index in [0.717, 1.165) is 32.5 Å². The lowest BCUT2D eigenvalue weighted by Crippen LogP contribution is -2.39. The highest BCUT2D eigenvalue weighted by Gasteiger charge is 2.23. The fourth-order valence-electron chi connectivity index (χ4n) is 2.25. The van der Waals surface area contributed by atoms with Crippen molar-refractivity contribution in [1.29, 1.82) is 0 Å². The number of carbonyl (C=O) groups is 1.